The first kappa shape index (κ1) is 19.0. The van der Waals surface area contributed by atoms with Gasteiger partial charge in [-0.2, -0.15) is 0 Å². The van der Waals surface area contributed by atoms with Gasteiger partial charge >= 0.3 is 0 Å². The van der Waals surface area contributed by atoms with Gasteiger partial charge in [-0.3, -0.25) is 19.7 Å². The topological polar surface area (TPSA) is 91.0 Å². The molecule has 8 heteroatoms. The number of amides is 3. The van der Waals surface area contributed by atoms with Crippen LogP contribution in [0.1, 0.15) is 34.3 Å². The third-order valence-electron chi connectivity index (χ3n) is 5.65. The summed E-state index contributed by atoms with van der Waals surface area (Å²) in [7, 11) is 2.06. The number of likely N-dealkylation sites (N-methyl/N-ethyl adjacent to an activating group) is 1. The lowest BCUT2D eigenvalue weighted by Gasteiger charge is -2.29. The first-order chi connectivity index (χ1) is 13.5. The summed E-state index contributed by atoms with van der Waals surface area (Å²) in [6.45, 7) is 4.32. The van der Waals surface area contributed by atoms with Crippen LogP contribution in [-0.4, -0.2) is 73.0 Å². The Morgan fingerprint density at radius 2 is 2.14 bits per heavy atom. The summed E-state index contributed by atoms with van der Waals surface area (Å²) < 4.78 is 5.52. The van der Waals surface area contributed by atoms with Crippen molar-refractivity contribution >= 4 is 17.7 Å². The predicted octanol–water partition coefficient (Wildman–Crippen LogP) is -0.132. The molecule has 150 valence electrons. The Morgan fingerprint density at radius 1 is 1.29 bits per heavy atom. The van der Waals surface area contributed by atoms with Gasteiger partial charge in [0.1, 0.15) is 6.04 Å². The number of rotatable bonds is 5. The smallest absolute Gasteiger partial charge is 0.255 e. The van der Waals surface area contributed by atoms with Crippen LogP contribution in [0.25, 0.3) is 0 Å². The van der Waals surface area contributed by atoms with Gasteiger partial charge in [0.15, 0.2) is 0 Å². The van der Waals surface area contributed by atoms with Gasteiger partial charge in [0.05, 0.1) is 13.2 Å². The van der Waals surface area contributed by atoms with Crippen molar-refractivity contribution in [3.05, 3.63) is 34.9 Å². The van der Waals surface area contributed by atoms with Crippen molar-refractivity contribution in [2.24, 2.45) is 0 Å². The van der Waals surface area contributed by atoms with Crippen molar-refractivity contribution in [2.75, 3.05) is 33.4 Å². The molecule has 28 heavy (non-hydrogen) atoms. The Kier molecular flexibility index (Phi) is 5.43. The maximum Gasteiger partial charge on any atom is 0.255 e. The lowest BCUT2D eigenvalue weighted by Crippen LogP contribution is -2.52. The number of imide groups is 1. The summed E-state index contributed by atoms with van der Waals surface area (Å²) in [5, 5.41) is 5.80. The fraction of sp³-hybridized carbons (Fsp3) is 0.550. The number of fused-ring (bicyclic) bond motifs is 1. The molecule has 0 radical (unpaired) electrons. The zero-order valence-corrected chi connectivity index (χ0v) is 16.1. The van der Waals surface area contributed by atoms with Crippen LogP contribution in [0.2, 0.25) is 0 Å². The summed E-state index contributed by atoms with van der Waals surface area (Å²) in [4.78, 5) is 40.4. The molecular weight excluding hydrogens is 360 g/mol. The van der Waals surface area contributed by atoms with Crippen LogP contribution in [-0.2, 0) is 27.4 Å². The largest absolute Gasteiger partial charge is 0.378 e. The second-order valence-corrected chi connectivity index (χ2v) is 7.77. The number of nitrogens with zero attached hydrogens (tertiary/aromatic N) is 2. The van der Waals surface area contributed by atoms with E-state index in [1.165, 1.54) is 0 Å². The average Bonchev–Trinajstić information content (AvgIpc) is 3.00. The van der Waals surface area contributed by atoms with Gasteiger partial charge in [-0.25, -0.2) is 0 Å². The highest BCUT2D eigenvalue weighted by Crippen LogP contribution is 2.30. The quantitative estimate of drug-likeness (QED) is 0.685. The average molecular weight is 386 g/mol. The third-order valence-corrected chi connectivity index (χ3v) is 5.65. The molecule has 0 bridgehead atoms. The van der Waals surface area contributed by atoms with Gasteiger partial charge in [-0.1, -0.05) is 12.1 Å². The molecule has 0 saturated carbocycles. The molecule has 0 spiro atoms. The molecule has 0 aliphatic carbocycles. The number of carbonyl (C=O) groups excluding carboxylic acids is 3. The van der Waals surface area contributed by atoms with E-state index in [2.05, 4.69) is 22.6 Å². The molecule has 0 aromatic heterocycles. The van der Waals surface area contributed by atoms with Crippen molar-refractivity contribution in [2.45, 2.75) is 38.0 Å². The second kappa shape index (κ2) is 7.98. The standard InChI is InChI=1S/C20H26N4O4/c1-23(10-14-12-28-8-7-21-14)9-13-3-2-4-15-16(13)11-24(20(15)27)17-5-6-18(25)22-19(17)26/h2-4,14,17,21H,5-12H2,1H3,(H,22,25,26). The maximum absolute atomic E-state index is 12.9. The molecule has 2 unspecified atom stereocenters. The molecule has 2 saturated heterocycles. The van der Waals surface area contributed by atoms with Crippen LogP contribution in [0.4, 0.5) is 0 Å². The first-order valence-corrected chi connectivity index (χ1v) is 9.78. The van der Waals surface area contributed by atoms with Crippen LogP contribution in [0.5, 0.6) is 0 Å². The molecular formula is C20H26N4O4. The minimum absolute atomic E-state index is 0.128. The van der Waals surface area contributed by atoms with Crippen molar-refractivity contribution in [1.29, 1.82) is 0 Å². The number of morpholine rings is 1. The van der Waals surface area contributed by atoms with E-state index in [1.807, 2.05) is 18.2 Å². The van der Waals surface area contributed by atoms with E-state index in [4.69, 9.17) is 4.74 Å². The van der Waals surface area contributed by atoms with Crippen LogP contribution < -0.4 is 10.6 Å². The van der Waals surface area contributed by atoms with Crippen molar-refractivity contribution in [3.63, 3.8) is 0 Å². The van der Waals surface area contributed by atoms with E-state index in [0.29, 0.717) is 31.2 Å². The zero-order chi connectivity index (χ0) is 19.7. The first-order valence-electron chi connectivity index (χ1n) is 9.78. The summed E-state index contributed by atoms with van der Waals surface area (Å²) in [5.74, 6) is -0.774. The lowest BCUT2D eigenvalue weighted by molar-refractivity contribution is -0.136. The molecule has 3 amide bonds. The van der Waals surface area contributed by atoms with Crippen LogP contribution in [0.15, 0.2) is 18.2 Å². The summed E-state index contributed by atoms with van der Waals surface area (Å²) in [6.07, 6.45) is 0.648. The van der Waals surface area contributed by atoms with Gasteiger partial charge < -0.3 is 19.9 Å². The van der Waals surface area contributed by atoms with E-state index < -0.39 is 6.04 Å². The van der Waals surface area contributed by atoms with Crippen LogP contribution in [0.3, 0.4) is 0 Å². The minimum atomic E-state index is -0.577. The zero-order valence-electron chi connectivity index (χ0n) is 16.1. The van der Waals surface area contributed by atoms with Crippen molar-refractivity contribution in [3.8, 4) is 0 Å². The predicted molar refractivity (Wildman–Crippen MR) is 101 cm³/mol. The molecule has 2 fully saturated rings. The maximum atomic E-state index is 12.9. The van der Waals surface area contributed by atoms with Gasteiger partial charge in [-0.15, -0.1) is 0 Å². The number of carbonyl (C=O) groups is 3. The number of hydrogen-bond acceptors (Lipinski definition) is 6. The number of nitrogens with one attached hydrogen (secondary N) is 2. The van der Waals surface area contributed by atoms with E-state index >= 15 is 0 Å². The van der Waals surface area contributed by atoms with Crippen molar-refractivity contribution in [1.82, 2.24) is 20.4 Å². The second-order valence-electron chi connectivity index (χ2n) is 7.77. The van der Waals surface area contributed by atoms with Crippen LogP contribution >= 0.6 is 0 Å². The van der Waals surface area contributed by atoms with Gasteiger partial charge in [0.25, 0.3) is 5.91 Å². The fourth-order valence-electron chi connectivity index (χ4n) is 4.27. The molecule has 8 nitrogen and oxygen atoms in total. The van der Waals surface area contributed by atoms with E-state index in [9.17, 15) is 14.4 Å². The fourth-order valence-corrected chi connectivity index (χ4v) is 4.27. The molecule has 3 aliphatic heterocycles. The molecule has 3 aliphatic rings. The Balaban J connectivity index is 1.46. The Bertz CT molecular complexity index is 790. The van der Waals surface area contributed by atoms with Crippen molar-refractivity contribution < 1.29 is 19.1 Å². The van der Waals surface area contributed by atoms with E-state index in [0.717, 1.165) is 37.4 Å². The normalized spacial score (nSPS) is 25.2. The molecule has 2 N–H and O–H groups in total. The molecule has 3 heterocycles. The summed E-state index contributed by atoms with van der Waals surface area (Å²) in [6, 6.07) is 5.49. The number of hydrogen-bond donors (Lipinski definition) is 2. The van der Waals surface area contributed by atoms with Gasteiger partial charge in [0, 0.05) is 44.2 Å². The Hall–Kier alpha value is -2.29. The lowest BCUT2D eigenvalue weighted by atomic mass is 10.0. The molecule has 1 aromatic rings. The molecule has 4 rings (SSSR count). The Morgan fingerprint density at radius 3 is 2.89 bits per heavy atom. The van der Waals surface area contributed by atoms with Gasteiger partial charge in [0.2, 0.25) is 11.8 Å². The minimum Gasteiger partial charge on any atom is -0.378 e. The number of piperidine rings is 1. The third kappa shape index (κ3) is 3.80. The highest BCUT2D eigenvalue weighted by Gasteiger charge is 2.39. The number of ether oxygens (including phenoxy) is 1. The Labute approximate surface area is 164 Å². The van der Waals surface area contributed by atoms with Crippen LogP contribution in [0, 0.1) is 0 Å². The monoisotopic (exact) mass is 386 g/mol. The number of benzene rings is 1. The van der Waals surface area contributed by atoms with E-state index in [-0.39, 0.29) is 24.1 Å². The SMILES string of the molecule is CN(Cc1cccc2c1CN(C1CCC(=O)NC1=O)C2=O)CC1COCCN1. The summed E-state index contributed by atoms with van der Waals surface area (Å²) >= 11 is 0. The molecule has 2 atom stereocenters. The van der Waals surface area contributed by atoms with Gasteiger partial charge in [-0.05, 0) is 30.7 Å². The summed E-state index contributed by atoms with van der Waals surface area (Å²) in [5.41, 5.74) is 2.74. The van der Waals surface area contributed by atoms with E-state index in [1.54, 1.807) is 4.90 Å². The highest BCUT2D eigenvalue weighted by molar-refractivity contribution is 6.05. The highest BCUT2D eigenvalue weighted by atomic mass is 16.5. The molecule has 1 aromatic carbocycles.